The minimum atomic E-state index is -0.124. The lowest BCUT2D eigenvalue weighted by molar-refractivity contribution is 0.660. The van der Waals surface area contributed by atoms with Gasteiger partial charge in [0, 0.05) is 55.1 Å². The van der Waals surface area contributed by atoms with Crippen LogP contribution < -0.4 is 4.90 Å². The molecule has 3 heteroatoms. The molecule has 0 amide bonds. The molecule has 0 saturated heterocycles. The van der Waals surface area contributed by atoms with Gasteiger partial charge in [-0.3, -0.25) is 0 Å². The van der Waals surface area contributed by atoms with Crippen LogP contribution >= 0.6 is 0 Å². The Morgan fingerprint density at radius 1 is 0.386 bits per heavy atom. The molecule has 2 aliphatic carbocycles. The van der Waals surface area contributed by atoms with Gasteiger partial charge in [-0.2, -0.15) is 0 Å². The number of para-hydroxylation sites is 2. The van der Waals surface area contributed by atoms with Gasteiger partial charge in [-0.25, -0.2) is 0 Å². The summed E-state index contributed by atoms with van der Waals surface area (Å²) in [5, 5.41) is 4.71. The average Bonchev–Trinajstić information content (AvgIpc) is 3.91. The standard InChI is InChI=1S/C54H40N2O/c1-53(2)45-17-9-5-13-37(45)39-25-21-34(30-47(39)53)55(35-22-26-40-38-14-6-10-18-46(38)54(3,4)48(40)31-35)36-23-27-42-41-15-7-11-19-49(41)56(50(42)32-36)33-24-28-52-44(29-33)43-16-8-12-20-51(43)57-52/h5-32H,1-4H3. The lowest BCUT2D eigenvalue weighted by atomic mass is 9.82. The van der Waals surface area contributed by atoms with Crippen LogP contribution in [0.3, 0.4) is 0 Å². The summed E-state index contributed by atoms with van der Waals surface area (Å²) in [7, 11) is 0. The van der Waals surface area contributed by atoms with Crippen molar-refractivity contribution in [2.75, 3.05) is 4.90 Å². The summed E-state index contributed by atoms with van der Waals surface area (Å²) in [6.07, 6.45) is 0. The normalized spacial score (nSPS) is 14.6. The SMILES string of the molecule is CC1(C)c2ccccc2-c2ccc(N(c3ccc4c(c3)C(C)(C)c3ccccc3-4)c3ccc4c5ccccc5n(-c5ccc6oc7ccccc7c6c5)c4c3)cc21. The summed E-state index contributed by atoms with van der Waals surface area (Å²) in [5.41, 5.74) is 19.2. The number of aromatic nitrogens is 1. The number of anilines is 3. The van der Waals surface area contributed by atoms with Crippen LogP contribution in [-0.2, 0) is 10.8 Å². The summed E-state index contributed by atoms with van der Waals surface area (Å²) < 4.78 is 8.70. The van der Waals surface area contributed by atoms with Crippen molar-refractivity contribution in [3.8, 4) is 27.9 Å². The van der Waals surface area contributed by atoms with Crippen LogP contribution in [0.2, 0.25) is 0 Å². The van der Waals surface area contributed by atoms with Gasteiger partial charge in [0.1, 0.15) is 11.2 Å². The highest BCUT2D eigenvalue weighted by atomic mass is 16.3. The van der Waals surface area contributed by atoms with E-state index in [1.54, 1.807) is 0 Å². The smallest absolute Gasteiger partial charge is 0.135 e. The lowest BCUT2D eigenvalue weighted by Crippen LogP contribution is -2.18. The van der Waals surface area contributed by atoms with Gasteiger partial charge in [0.25, 0.3) is 0 Å². The fourth-order valence-electron chi connectivity index (χ4n) is 10.3. The second kappa shape index (κ2) is 11.4. The molecule has 0 spiro atoms. The van der Waals surface area contributed by atoms with E-state index < -0.39 is 0 Å². The molecule has 3 nitrogen and oxygen atoms in total. The second-order valence-corrected chi connectivity index (χ2v) is 17.0. The van der Waals surface area contributed by atoms with Crippen molar-refractivity contribution in [2.45, 2.75) is 38.5 Å². The van der Waals surface area contributed by atoms with Gasteiger partial charge in [0.15, 0.2) is 0 Å². The van der Waals surface area contributed by atoms with Crippen molar-refractivity contribution in [3.05, 3.63) is 192 Å². The minimum Gasteiger partial charge on any atom is -0.456 e. The summed E-state index contributed by atoms with van der Waals surface area (Å²) >= 11 is 0. The molecule has 8 aromatic carbocycles. The van der Waals surface area contributed by atoms with Crippen molar-refractivity contribution >= 4 is 60.8 Å². The molecule has 0 radical (unpaired) electrons. The van der Waals surface area contributed by atoms with Crippen LogP contribution in [0.1, 0.15) is 49.9 Å². The van der Waals surface area contributed by atoms with Crippen LogP contribution in [0.25, 0.3) is 71.7 Å². The third kappa shape index (κ3) is 4.43. The molecule has 10 aromatic rings. The van der Waals surface area contributed by atoms with Crippen LogP contribution in [0, 0.1) is 0 Å². The number of furan rings is 1. The van der Waals surface area contributed by atoms with E-state index in [0.29, 0.717) is 0 Å². The fraction of sp³-hybridized carbons (Fsp3) is 0.111. The maximum absolute atomic E-state index is 6.27. The number of hydrogen-bond acceptors (Lipinski definition) is 2. The minimum absolute atomic E-state index is 0.124. The Labute approximate surface area is 332 Å². The second-order valence-electron chi connectivity index (χ2n) is 17.0. The molecule has 0 saturated carbocycles. The first-order chi connectivity index (χ1) is 27.8. The van der Waals surface area contributed by atoms with Crippen LogP contribution in [-0.4, -0.2) is 4.57 Å². The number of benzene rings is 8. The van der Waals surface area contributed by atoms with Crippen molar-refractivity contribution in [3.63, 3.8) is 0 Å². The van der Waals surface area contributed by atoms with E-state index in [0.717, 1.165) is 50.2 Å². The Hall–Kier alpha value is -6.84. The Bertz CT molecular complexity index is 3210. The Balaban J connectivity index is 1.10. The molecule has 0 aliphatic heterocycles. The average molecular weight is 733 g/mol. The van der Waals surface area contributed by atoms with Crippen molar-refractivity contribution in [2.24, 2.45) is 0 Å². The number of hydrogen-bond donors (Lipinski definition) is 0. The number of nitrogens with zero attached hydrogens (tertiary/aromatic N) is 2. The zero-order valence-electron chi connectivity index (χ0n) is 32.5. The van der Waals surface area contributed by atoms with E-state index in [2.05, 4.69) is 195 Å². The highest BCUT2D eigenvalue weighted by Crippen LogP contribution is 2.53. The molecule has 57 heavy (non-hydrogen) atoms. The summed E-state index contributed by atoms with van der Waals surface area (Å²) in [5.74, 6) is 0. The predicted octanol–water partition coefficient (Wildman–Crippen LogP) is 14.8. The maximum Gasteiger partial charge on any atom is 0.135 e. The largest absolute Gasteiger partial charge is 0.456 e. The molecule has 0 unspecified atom stereocenters. The van der Waals surface area contributed by atoms with Gasteiger partial charge >= 0.3 is 0 Å². The van der Waals surface area contributed by atoms with Gasteiger partial charge < -0.3 is 13.9 Å². The molecular formula is C54H40N2O. The van der Waals surface area contributed by atoms with Crippen molar-refractivity contribution in [1.29, 1.82) is 0 Å². The first-order valence-corrected chi connectivity index (χ1v) is 20.0. The zero-order chi connectivity index (χ0) is 38.2. The molecule has 0 fully saturated rings. The first-order valence-electron chi connectivity index (χ1n) is 20.0. The summed E-state index contributed by atoms with van der Waals surface area (Å²) in [6.45, 7) is 9.47. The van der Waals surface area contributed by atoms with Crippen molar-refractivity contribution < 1.29 is 4.42 Å². The topological polar surface area (TPSA) is 21.3 Å². The molecule has 2 aliphatic rings. The monoisotopic (exact) mass is 732 g/mol. The highest BCUT2D eigenvalue weighted by molar-refractivity contribution is 6.11. The Kier molecular flexibility index (Phi) is 6.46. The van der Waals surface area contributed by atoms with E-state index in [-0.39, 0.29) is 10.8 Å². The summed E-state index contributed by atoms with van der Waals surface area (Å²) in [6, 6.07) is 62.8. The van der Waals surface area contributed by atoms with Crippen molar-refractivity contribution in [1.82, 2.24) is 4.57 Å². The van der Waals surface area contributed by atoms with E-state index in [1.807, 2.05) is 12.1 Å². The van der Waals surface area contributed by atoms with Gasteiger partial charge in [-0.15, -0.1) is 0 Å². The quantitative estimate of drug-likeness (QED) is 0.180. The maximum atomic E-state index is 6.27. The van der Waals surface area contributed by atoms with Crippen LogP contribution in [0.15, 0.2) is 174 Å². The van der Waals surface area contributed by atoms with Gasteiger partial charge in [-0.05, 0) is 111 Å². The Morgan fingerprint density at radius 3 is 1.58 bits per heavy atom. The predicted molar refractivity (Wildman–Crippen MR) is 238 cm³/mol. The first kappa shape index (κ1) is 32.4. The number of rotatable bonds is 4. The molecule has 0 bridgehead atoms. The van der Waals surface area contributed by atoms with Crippen LogP contribution in [0.4, 0.5) is 17.1 Å². The van der Waals surface area contributed by atoms with E-state index in [1.165, 1.54) is 60.8 Å². The van der Waals surface area contributed by atoms with E-state index in [9.17, 15) is 0 Å². The molecule has 0 N–H and O–H groups in total. The third-order valence-electron chi connectivity index (χ3n) is 13.2. The molecule has 0 atom stereocenters. The van der Waals surface area contributed by atoms with Crippen LogP contribution in [0.5, 0.6) is 0 Å². The Morgan fingerprint density at radius 2 is 0.895 bits per heavy atom. The molecule has 2 aromatic heterocycles. The fourth-order valence-corrected chi connectivity index (χ4v) is 10.3. The van der Waals surface area contributed by atoms with Gasteiger partial charge in [-0.1, -0.05) is 131 Å². The molecule has 2 heterocycles. The van der Waals surface area contributed by atoms with E-state index >= 15 is 0 Å². The highest BCUT2D eigenvalue weighted by Gasteiger charge is 2.37. The summed E-state index contributed by atoms with van der Waals surface area (Å²) in [4.78, 5) is 2.48. The van der Waals surface area contributed by atoms with E-state index in [4.69, 9.17) is 4.42 Å². The van der Waals surface area contributed by atoms with Gasteiger partial charge in [0.2, 0.25) is 0 Å². The molecule has 272 valence electrons. The molecule has 12 rings (SSSR count). The third-order valence-corrected chi connectivity index (χ3v) is 13.2. The molecular weight excluding hydrogens is 693 g/mol. The number of fused-ring (bicyclic) bond motifs is 12. The lowest BCUT2D eigenvalue weighted by Gasteiger charge is -2.30. The zero-order valence-corrected chi connectivity index (χ0v) is 32.5. The van der Waals surface area contributed by atoms with Gasteiger partial charge in [0.05, 0.1) is 11.0 Å².